The summed E-state index contributed by atoms with van der Waals surface area (Å²) in [5.41, 5.74) is -0.461. The van der Waals surface area contributed by atoms with E-state index in [-0.39, 0.29) is 6.09 Å². The van der Waals surface area contributed by atoms with Gasteiger partial charge in [-0.3, -0.25) is 0 Å². The van der Waals surface area contributed by atoms with E-state index in [9.17, 15) is 4.79 Å². The van der Waals surface area contributed by atoms with E-state index >= 15 is 0 Å². The molecule has 1 amide bonds. The molecule has 1 aromatic rings. The Labute approximate surface area is 135 Å². The third kappa shape index (κ3) is 7.52. The molecule has 0 saturated carbocycles. The van der Waals surface area contributed by atoms with Crippen LogP contribution in [0.2, 0.25) is 0 Å². The van der Waals surface area contributed by atoms with Crippen LogP contribution in [0.3, 0.4) is 0 Å². The molecule has 1 aromatic heterocycles. The standard InChI is InChI=1S/C15H25BrN2O3/c1-5-9-18(14(19)21-15(2,3)4)10-8-17-11-12-6-7-13(16)20-12/h6-7,17H,5,8-11H2,1-4H3. The van der Waals surface area contributed by atoms with E-state index in [1.165, 1.54) is 0 Å². The van der Waals surface area contributed by atoms with Crippen molar-refractivity contribution in [3.63, 3.8) is 0 Å². The summed E-state index contributed by atoms with van der Waals surface area (Å²) in [6.07, 6.45) is 0.650. The molecule has 1 N–H and O–H groups in total. The molecule has 0 aliphatic carbocycles. The van der Waals surface area contributed by atoms with Gasteiger partial charge in [0.1, 0.15) is 11.4 Å². The molecule has 1 heterocycles. The van der Waals surface area contributed by atoms with Crippen LogP contribution in [0, 0.1) is 0 Å². The highest BCUT2D eigenvalue weighted by Gasteiger charge is 2.21. The van der Waals surface area contributed by atoms with E-state index in [0.29, 0.717) is 26.2 Å². The number of hydrogen-bond acceptors (Lipinski definition) is 4. The second-order valence-electron chi connectivity index (χ2n) is 5.85. The topological polar surface area (TPSA) is 54.7 Å². The molecule has 5 nitrogen and oxygen atoms in total. The Bertz CT molecular complexity index is 440. The Balaban J connectivity index is 2.35. The van der Waals surface area contributed by atoms with Crippen molar-refractivity contribution in [2.75, 3.05) is 19.6 Å². The fraction of sp³-hybridized carbons (Fsp3) is 0.667. The monoisotopic (exact) mass is 360 g/mol. The summed E-state index contributed by atoms with van der Waals surface area (Å²) in [5, 5.41) is 3.26. The molecule has 0 fully saturated rings. The number of amides is 1. The van der Waals surface area contributed by atoms with E-state index < -0.39 is 5.60 Å². The summed E-state index contributed by atoms with van der Waals surface area (Å²) in [6, 6.07) is 3.77. The maximum atomic E-state index is 12.1. The summed E-state index contributed by atoms with van der Waals surface area (Å²) < 4.78 is 11.5. The molecular weight excluding hydrogens is 336 g/mol. The van der Waals surface area contributed by atoms with Gasteiger partial charge in [0.05, 0.1) is 6.54 Å². The lowest BCUT2D eigenvalue weighted by Crippen LogP contribution is -2.40. The van der Waals surface area contributed by atoms with Crippen LogP contribution in [0.5, 0.6) is 0 Å². The lowest BCUT2D eigenvalue weighted by Gasteiger charge is -2.27. The first-order chi connectivity index (χ1) is 9.81. The second-order valence-corrected chi connectivity index (χ2v) is 6.63. The molecule has 0 bridgehead atoms. The number of furan rings is 1. The SMILES string of the molecule is CCCN(CCNCc1ccc(Br)o1)C(=O)OC(C)(C)C. The van der Waals surface area contributed by atoms with Gasteiger partial charge in [-0.25, -0.2) is 4.79 Å². The highest BCUT2D eigenvalue weighted by Crippen LogP contribution is 2.13. The summed E-state index contributed by atoms with van der Waals surface area (Å²) in [4.78, 5) is 13.8. The van der Waals surface area contributed by atoms with E-state index in [1.807, 2.05) is 39.8 Å². The van der Waals surface area contributed by atoms with Gasteiger partial charge in [-0.1, -0.05) is 6.92 Å². The van der Waals surface area contributed by atoms with Crippen LogP contribution < -0.4 is 5.32 Å². The molecule has 0 radical (unpaired) electrons. The fourth-order valence-corrected chi connectivity index (χ4v) is 2.10. The van der Waals surface area contributed by atoms with Gasteiger partial charge in [0, 0.05) is 19.6 Å². The van der Waals surface area contributed by atoms with Gasteiger partial charge in [0.2, 0.25) is 0 Å². The van der Waals surface area contributed by atoms with E-state index in [2.05, 4.69) is 21.2 Å². The van der Waals surface area contributed by atoms with Crippen molar-refractivity contribution in [3.05, 3.63) is 22.6 Å². The molecule has 0 spiro atoms. The fourth-order valence-electron chi connectivity index (χ4n) is 1.76. The van der Waals surface area contributed by atoms with E-state index in [1.54, 1.807) is 4.90 Å². The molecule has 21 heavy (non-hydrogen) atoms. The second kappa shape index (κ2) is 8.44. The molecule has 120 valence electrons. The summed E-state index contributed by atoms with van der Waals surface area (Å²) in [6.45, 7) is 10.3. The van der Waals surface area contributed by atoms with Crippen LogP contribution in [0.1, 0.15) is 39.9 Å². The number of halogens is 1. The van der Waals surface area contributed by atoms with Crippen molar-refractivity contribution in [2.45, 2.75) is 46.3 Å². The van der Waals surface area contributed by atoms with E-state index in [0.717, 1.165) is 16.9 Å². The molecule has 6 heteroatoms. The van der Waals surface area contributed by atoms with Gasteiger partial charge in [-0.2, -0.15) is 0 Å². The maximum absolute atomic E-state index is 12.1. The Hall–Kier alpha value is -1.01. The average Bonchev–Trinajstić information content (AvgIpc) is 2.77. The molecule has 0 aromatic carbocycles. The van der Waals surface area contributed by atoms with Gasteiger partial charge < -0.3 is 19.4 Å². The number of hydrogen-bond donors (Lipinski definition) is 1. The normalized spacial score (nSPS) is 11.5. The third-order valence-corrected chi connectivity index (χ3v) is 3.06. The first-order valence-corrected chi connectivity index (χ1v) is 8.04. The smallest absolute Gasteiger partial charge is 0.410 e. The van der Waals surface area contributed by atoms with Crippen molar-refractivity contribution in [1.82, 2.24) is 10.2 Å². The van der Waals surface area contributed by atoms with Crippen LogP contribution in [0.15, 0.2) is 21.2 Å². The highest BCUT2D eigenvalue weighted by molar-refractivity contribution is 9.10. The van der Waals surface area contributed by atoms with Crippen molar-refractivity contribution in [3.8, 4) is 0 Å². The molecule has 0 unspecified atom stereocenters. The third-order valence-electron chi connectivity index (χ3n) is 2.63. The Kier molecular flexibility index (Phi) is 7.25. The van der Waals surface area contributed by atoms with Gasteiger partial charge in [0.25, 0.3) is 0 Å². The molecular formula is C15H25BrN2O3. The largest absolute Gasteiger partial charge is 0.453 e. The molecule has 1 rings (SSSR count). The minimum Gasteiger partial charge on any atom is -0.453 e. The predicted molar refractivity (Wildman–Crippen MR) is 86.2 cm³/mol. The highest BCUT2D eigenvalue weighted by atomic mass is 79.9. The van der Waals surface area contributed by atoms with Crippen LogP contribution in [-0.4, -0.2) is 36.2 Å². The summed E-state index contributed by atoms with van der Waals surface area (Å²) >= 11 is 3.27. The van der Waals surface area contributed by atoms with Gasteiger partial charge >= 0.3 is 6.09 Å². The average molecular weight is 361 g/mol. The molecule has 0 aliphatic rings. The Morgan fingerprint density at radius 1 is 1.38 bits per heavy atom. The van der Waals surface area contributed by atoms with Gasteiger partial charge in [-0.05, 0) is 55.3 Å². The minimum absolute atomic E-state index is 0.258. The minimum atomic E-state index is -0.461. The molecule has 0 atom stereocenters. The summed E-state index contributed by atoms with van der Waals surface area (Å²) in [5.74, 6) is 0.862. The van der Waals surface area contributed by atoms with Gasteiger partial charge in [-0.15, -0.1) is 0 Å². The number of ether oxygens (including phenoxy) is 1. The molecule has 0 aliphatic heterocycles. The van der Waals surface area contributed by atoms with Crippen LogP contribution >= 0.6 is 15.9 Å². The lowest BCUT2D eigenvalue weighted by molar-refractivity contribution is 0.0251. The zero-order valence-corrected chi connectivity index (χ0v) is 14.8. The number of rotatable bonds is 7. The maximum Gasteiger partial charge on any atom is 0.410 e. The quantitative estimate of drug-likeness (QED) is 0.751. The first-order valence-electron chi connectivity index (χ1n) is 7.24. The van der Waals surface area contributed by atoms with Crippen LogP contribution in [0.4, 0.5) is 4.79 Å². The molecule has 0 saturated heterocycles. The predicted octanol–water partition coefficient (Wildman–Crippen LogP) is 3.78. The zero-order chi connectivity index (χ0) is 15.9. The van der Waals surface area contributed by atoms with Crippen molar-refractivity contribution in [1.29, 1.82) is 0 Å². The Morgan fingerprint density at radius 2 is 2.10 bits per heavy atom. The van der Waals surface area contributed by atoms with Crippen molar-refractivity contribution >= 4 is 22.0 Å². The number of carbonyl (C=O) groups excluding carboxylic acids is 1. The first kappa shape index (κ1) is 18.0. The van der Waals surface area contributed by atoms with Crippen LogP contribution in [-0.2, 0) is 11.3 Å². The van der Waals surface area contributed by atoms with Crippen molar-refractivity contribution < 1.29 is 13.9 Å². The summed E-state index contributed by atoms with van der Waals surface area (Å²) in [7, 11) is 0. The zero-order valence-electron chi connectivity index (χ0n) is 13.2. The Morgan fingerprint density at radius 3 is 2.62 bits per heavy atom. The lowest BCUT2D eigenvalue weighted by atomic mass is 10.2. The van der Waals surface area contributed by atoms with Crippen molar-refractivity contribution in [2.24, 2.45) is 0 Å². The number of carbonyl (C=O) groups is 1. The van der Waals surface area contributed by atoms with Crippen LogP contribution in [0.25, 0.3) is 0 Å². The number of nitrogens with zero attached hydrogens (tertiary/aromatic N) is 1. The van der Waals surface area contributed by atoms with E-state index in [4.69, 9.17) is 9.15 Å². The number of nitrogens with one attached hydrogen (secondary N) is 1. The van der Waals surface area contributed by atoms with Gasteiger partial charge in [0.15, 0.2) is 4.67 Å².